The Morgan fingerprint density at radius 3 is 1.18 bits per heavy atom. The Morgan fingerprint density at radius 2 is 0.795 bits per heavy atom. The van der Waals surface area contributed by atoms with E-state index in [4.69, 9.17) is 42.6 Å². The molecule has 232 valence electrons. The van der Waals surface area contributed by atoms with Gasteiger partial charge in [0, 0.05) is 6.42 Å². The molecule has 0 rings (SSSR count). The van der Waals surface area contributed by atoms with Crippen LogP contribution >= 0.6 is 0 Å². The smallest absolute Gasteiger partial charge is 0.331 e. The summed E-state index contributed by atoms with van der Waals surface area (Å²) in [5, 5.41) is 0. The molecule has 12 nitrogen and oxygen atoms in total. The van der Waals surface area contributed by atoms with Gasteiger partial charge in [0.05, 0.1) is 106 Å². The fraction of sp³-hybridized carbons (Fsp3) is 0.926. The van der Waals surface area contributed by atoms with Gasteiger partial charge in [0.1, 0.15) is 13.2 Å². The Hall–Kier alpha value is -1.38. The van der Waals surface area contributed by atoms with Gasteiger partial charge >= 0.3 is 11.9 Å². The third-order valence-electron chi connectivity index (χ3n) is 5.03. The largest absolute Gasteiger partial charge is 0.467 e. The van der Waals surface area contributed by atoms with Gasteiger partial charge in [-0.1, -0.05) is 32.6 Å². The predicted molar refractivity (Wildman–Crippen MR) is 143 cm³/mol. The van der Waals surface area contributed by atoms with E-state index < -0.39 is 5.97 Å². The van der Waals surface area contributed by atoms with Crippen molar-refractivity contribution in [1.29, 1.82) is 0 Å². The first-order chi connectivity index (χ1) is 19.2. The Morgan fingerprint density at radius 1 is 0.436 bits per heavy atom. The Labute approximate surface area is 234 Å². The molecule has 0 aromatic heterocycles. The third kappa shape index (κ3) is 32.7. The number of hydrogen-bond acceptors (Lipinski definition) is 12. The highest BCUT2D eigenvalue weighted by atomic mass is 16.6. The van der Waals surface area contributed by atoms with Gasteiger partial charge in [0.2, 0.25) is 0 Å². The first-order valence-corrected chi connectivity index (χ1v) is 14.0. The molecule has 0 amide bonds. The van der Waals surface area contributed by atoms with E-state index in [0.29, 0.717) is 106 Å². The molecule has 0 atom stereocenters. The summed E-state index contributed by atoms with van der Waals surface area (Å²) < 4.78 is 52.4. The summed E-state index contributed by atoms with van der Waals surface area (Å²) in [5.74, 6) is -0.559. The maximum atomic E-state index is 11.6. The number of esters is 2. The quantitative estimate of drug-likeness (QED) is 0.0872. The molecule has 0 unspecified atom stereocenters. The SMILES string of the molecule is CCCCCCCC(=O)OCCOCCOCCOCCOCCOCCOCCOCCOCC(=O)OC. The zero-order chi connectivity index (χ0) is 28.5. The van der Waals surface area contributed by atoms with E-state index in [1.165, 1.54) is 26.4 Å². The highest BCUT2D eigenvalue weighted by Crippen LogP contribution is 2.05. The van der Waals surface area contributed by atoms with Crippen LogP contribution < -0.4 is 0 Å². The van der Waals surface area contributed by atoms with E-state index in [-0.39, 0.29) is 19.2 Å². The second-order valence-corrected chi connectivity index (χ2v) is 8.30. The molecule has 0 aliphatic heterocycles. The van der Waals surface area contributed by atoms with Crippen LogP contribution in [0.2, 0.25) is 0 Å². The van der Waals surface area contributed by atoms with Gasteiger partial charge in [-0.15, -0.1) is 0 Å². The van der Waals surface area contributed by atoms with Gasteiger partial charge in [0.15, 0.2) is 0 Å². The van der Waals surface area contributed by atoms with Gasteiger partial charge in [0.25, 0.3) is 0 Å². The minimum Gasteiger partial charge on any atom is -0.467 e. The number of carbonyl (C=O) groups excluding carboxylic acids is 2. The molecule has 0 fully saturated rings. The second-order valence-electron chi connectivity index (χ2n) is 8.30. The maximum Gasteiger partial charge on any atom is 0.331 e. The summed E-state index contributed by atoms with van der Waals surface area (Å²) in [6, 6.07) is 0. The summed E-state index contributed by atoms with van der Waals surface area (Å²) in [6.45, 7) is 9.16. The van der Waals surface area contributed by atoms with E-state index in [0.717, 1.165) is 12.8 Å². The Bertz CT molecular complexity index is 521. The first-order valence-electron chi connectivity index (χ1n) is 14.0. The van der Waals surface area contributed by atoms with Gasteiger partial charge in [-0.2, -0.15) is 0 Å². The lowest BCUT2D eigenvalue weighted by atomic mass is 10.1. The fourth-order valence-corrected chi connectivity index (χ4v) is 2.91. The molecule has 0 aromatic rings. The van der Waals surface area contributed by atoms with Crippen LogP contribution in [-0.4, -0.2) is 131 Å². The number of unbranched alkanes of at least 4 members (excludes halogenated alkanes) is 4. The zero-order valence-electron chi connectivity index (χ0n) is 24.2. The van der Waals surface area contributed by atoms with Crippen LogP contribution in [0, 0.1) is 0 Å². The lowest BCUT2D eigenvalue weighted by molar-refractivity contribution is -0.146. The minimum absolute atomic E-state index is 0.0706. The summed E-state index contributed by atoms with van der Waals surface area (Å²) in [5.41, 5.74) is 0. The summed E-state index contributed by atoms with van der Waals surface area (Å²) in [7, 11) is 1.31. The molecule has 0 saturated heterocycles. The van der Waals surface area contributed by atoms with Crippen molar-refractivity contribution in [2.24, 2.45) is 0 Å². The van der Waals surface area contributed by atoms with Crippen LogP contribution in [0.4, 0.5) is 0 Å². The molecule has 0 heterocycles. The third-order valence-corrected chi connectivity index (χ3v) is 5.03. The fourth-order valence-electron chi connectivity index (χ4n) is 2.91. The van der Waals surface area contributed by atoms with Gasteiger partial charge < -0.3 is 47.4 Å². The second kappa shape index (κ2) is 32.8. The average molecular weight is 569 g/mol. The Balaban J connectivity index is 3.10. The van der Waals surface area contributed by atoms with Crippen LogP contribution in [-0.2, 0) is 57.0 Å². The molecule has 0 saturated carbocycles. The van der Waals surface area contributed by atoms with Gasteiger partial charge in [-0.05, 0) is 6.42 Å². The zero-order valence-corrected chi connectivity index (χ0v) is 24.2. The minimum atomic E-state index is -0.408. The van der Waals surface area contributed by atoms with E-state index in [9.17, 15) is 9.59 Å². The van der Waals surface area contributed by atoms with E-state index in [1.54, 1.807) is 0 Å². The lowest BCUT2D eigenvalue weighted by Crippen LogP contribution is -2.16. The van der Waals surface area contributed by atoms with Gasteiger partial charge in [-0.3, -0.25) is 4.79 Å². The molecule has 39 heavy (non-hydrogen) atoms. The predicted octanol–water partition coefficient (Wildman–Crippen LogP) is 2.20. The number of ether oxygens (including phenoxy) is 10. The van der Waals surface area contributed by atoms with Crippen molar-refractivity contribution in [1.82, 2.24) is 0 Å². The first kappa shape index (κ1) is 37.6. The van der Waals surface area contributed by atoms with Crippen molar-refractivity contribution >= 4 is 11.9 Å². The summed E-state index contributed by atoms with van der Waals surface area (Å²) in [4.78, 5) is 22.4. The monoisotopic (exact) mass is 568 g/mol. The lowest BCUT2D eigenvalue weighted by Gasteiger charge is -2.09. The Kier molecular flexibility index (Phi) is 31.7. The number of methoxy groups -OCH3 is 1. The number of rotatable bonds is 32. The molecule has 0 aliphatic carbocycles. The standard InChI is InChI=1S/C27H52O12/c1-3-4-5-6-7-8-26(28)39-24-23-37-20-19-35-16-15-33-12-11-31-9-10-32-13-14-34-17-18-36-21-22-38-25-27(29)30-2/h3-25H2,1-2H3. The van der Waals surface area contributed by atoms with Crippen molar-refractivity contribution in [2.45, 2.75) is 45.4 Å². The molecular formula is C27H52O12. The maximum absolute atomic E-state index is 11.6. The number of carbonyl (C=O) groups is 2. The topological polar surface area (TPSA) is 126 Å². The van der Waals surface area contributed by atoms with Crippen LogP contribution in [0.25, 0.3) is 0 Å². The highest BCUT2D eigenvalue weighted by molar-refractivity contribution is 5.70. The number of hydrogen-bond donors (Lipinski definition) is 0. The molecule has 0 aromatic carbocycles. The van der Waals surface area contributed by atoms with E-state index >= 15 is 0 Å². The molecular weight excluding hydrogens is 516 g/mol. The van der Waals surface area contributed by atoms with Crippen molar-refractivity contribution in [3.8, 4) is 0 Å². The van der Waals surface area contributed by atoms with Crippen LogP contribution in [0.3, 0.4) is 0 Å². The van der Waals surface area contributed by atoms with E-state index in [2.05, 4.69) is 11.7 Å². The van der Waals surface area contributed by atoms with Crippen molar-refractivity contribution in [2.75, 3.05) is 119 Å². The summed E-state index contributed by atoms with van der Waals surface area (Å²) >= 11 is 0. The molecule has 0 radical (unpaired) electrons. The molecule has 0 bridgehead atoms. The highest BCUT2D eigenvalue weighted by Gasteiger charge is 2.02. The van der Waals surface area contributed by atoms with Crippen LogP contribution in [0.15, 0.2) is 0 Å². The molecule has 12 heteroatoms. The molecule has 0 spiro atoms. The van der Waals surface area contributed by atoms with Gasteiger partial charge in [-0.25, -0.2) is 4.79 Å². The van der Waals surface area contributed by atoms with Crippen molar-refractivity contribution in [3.63, 3.8) is 0 Å². The van der Waals surface area contributed by atoms with Crippen molar-refractivity contribution in [3.05, 3.63) is 0 Å². The molecule has 0 aliphatic rings. The van der Waals surface area contributed by atoms with Crippen LogP contribution in [0.5, 0.6) is 0 Å². The van der Waals surface area contributed by atoms with Crippen LogP contribution in [0.1, 0.15) is 45.4 Å². The summed E-state index contributed by atoms with van der Waals surface area (Å²) in [6.07, 6.45) is 6.06. The van der Waals surface area contributed by atoms with E-state index in [1.807, 2.05) is 0 Å². The average Bonchev–Trinajstić information content (AvgIpc) is 2.94. The van der Waals surface area contributed by atoms with Crippen molar-refractivity contribution < 1.29 is 57.0 Å². The molecule has 0 N–H and O–H groups in total. The normalized spacial score (nSPS) is 11.1.